The molecule has 1 aromatic carbocycles. The van der Waals surface area contributed by atoms with Gasteiger partial charge in [-0.1, -0.05) is 43.1 Å². The van der Waals surface area contributed by atoms with Crippen LogP contribution in [-0.2, 0) is 10.8 Å². The average Bonchev–Trinajstić information content (AvgIpc) is 2.28. The number of halogens is 1. The van der Waals surface area contributed by atoms with Gasteiger partial charge in [0.1, 0.15) is 0 Å². The predicted octanol–water partition coefficient (Wildman–Crippen LogP) is 4.77. The first kappa shape index (κ1) is 15.7. The lowest BCUT2D eigenvalue weighted by atomic mass is 9.96. The fourth-order valence-electron chi connectivity index (χ4n) is 1.92. The van der Waals surface area contributed by atoms with Gasteiger partial charge in [-0.25, -0.2) is 0 Å². The zero-order valence-electron chi connectivity index (χ0n) is 11.7. The lowest BCUT2D eigenvalue weighted by molar-refractivity contribution is 0.621. The van der Waals surface area contributed by atoms with E-state index in [1.807, 2.05) is 39.0 Å². The molecule has 102 valence electrons. The fraction of sp³-hybridized carbons (Fsp3) is 0.600. The maximum atomic E-state index is 12.3. The van der Waals surface area contributed by atoms with Crippen molar-refractivity contribution in [2.24, 2.45) is 0 Å². The van der Waals surface area contributed by atoms with Crippen LogP contribution in [0.2, 0.25) is 5.02 Å². The summed E-state index contributed by atoms with van der Waals surface area (Å²) in [5.41, 5.74) is 1.14. The number of benzene rings is 1. The van der Waals surface area contributed by atoms with Crippen LogP contribution in [0.15, 0.2) is 24.3 Å². The molecule has 0 spiro atoms. The first-order valence-corrected chi connectivity index (χ1v) is 8.18. The zero-order chi connectivity index (χ0) is 13.8. The number of rotatable bonds is 5. The second kappa shape index (κ2) is 6.72. The lowest BCUT2D eigenvalue weighted by Gasteiger charge is -2.23. The second-order valence-corrected chi connectivity index (χ2v) is 8.29. The molecule has 0 N–H and O–H groups in total. The summed E-state index contributed by atoms with van der Waals surface area (Å²) in [4.78, 5) is 0. The molecule has 0 fully saturated rings. The SMILES string of the molecule is CCCC(C[S@@](=O)C(C)(C)C)c1ccccc1Cl. The Kier molecular flexibility index (Phi) is 5.87. The molecule has 0 amide bonds. The highest BCUT2D eigenvalue weighted by Gasteiger charge is 2.24. The molecule has 0 aliphatic heterocycles. The Balaban J connectivity index is 2.91. The molecule has 18 heavy (non-hydrogen) atoms. The van der Waals surface area contributed by atoms with E-state index in [0.717, 1.165) is 23.4 Å². The predicted molar refractivity (Wildman–Crippen MR) is 81.9 cm³/mol. The molecule has 2 atom stereocenters. The monoisotopic (exact) mass is 286 g/mol. The van der Waals surface area contributed by atoms with Crippen LogP contribution in [-0.4, -0.2) is 14.7 Å². The second-order valence-electron chi connectivity index (χ2n) is 5.63. The van der Waals surface area contributed by atoms with Crippen molar-refractivity contribution in [3.8, 4) is 0 Å². The molecule has 0 heterocycles. The van der Waals surface area contributed by atoms with E-state index >= 15 is 0 Å². The molecule has 0 bridgehead atoms. The van der Waals surface area contributed by atoms with Crippen LogP contribution in [0.4, 0.5) is 0 Å². The summed E-state index contributed by atoms with van der Waals surface area (Å²) >= 11 is 6.25. The van der Waals surface area contributed by atoms with Crippen molar-refractivity contribution in [3.63, 3.8) is 0 Å². The van der Waals surface area contributed by atoms with Gasteiger partial charge in [0.2, 0.25) is 0 Å². The summed E-state index contributed by atoms with van der Waals surface area (Å²) < 4.78 is 12.1. The molecule has 0 aromatic heterocycles. The van der Waals surface area contributed by atoms with E-state index in [2.05, 4.69) is 13.0 Å². The van der Waals surface area contributed by atoms with Crippen LogP contribution in [0.1, 0.15) is 52.0 Å². The van der Waals surface area contributed by atoms with Gasteiger partial charge in [0.25, 0.3) is 0 Å². The highest BCUT2D eigenvalue weighted by atomic mass is 35.5. The van der Waals surface area contributed by atoms with Crippen molar-refractivity contribution in [1.82, 2.24) is 0 Å². The van der Waals surface area contributed by atoms with Gasteiger partial charge in [-0.15, -0.1) is 0 Å². The van der Waals surface area contributed by atoms with Gasteiger partial charge >= 0.3 is 0 Å². The quantitative estimate of drug-likeness (QED) is 0.762. The van der Waals surface area contributed by atoms with E-state index in [0.29, 0.717) is 11.7 Å². The Labute approximate surface area is 118 Å². The summed E-state index contributed by atoms with van der Waals surface area (Å²) in [5, 5.41) is 0.793. The van der Waals surface area contributed by atoms with Crippen LogP contribution in [0, 0.1) is 0 Å². The first-order chi connectivity index (χ1) is 8.36. The topological polar surface area (TPSA) is 17.1 Å². The van der Waals surface area contributed by atoms with E-state index in [1.54, 1.807) is 0 Å². The van der Waals surface area contributed by atoms with E-state index in [-0.39, 0.29) is 4.75 Å². The van der Waals surface area contributed by atoms with E-state index in [9.17, 15) is 4.21 Å². The lowest BCUT2D eigenvalue weighted by Crippen LogP contribution is -2.27. The van der Waals surface area contributed by atoms with Crippen molar-refractivity contribution >= 4 is 22.4 Å². The maximum absolute atomic E-state index is 12.3. The van der Waals surface area contributed by atoms with Crippen LogP contribution in [0.3, 0.4) is 0 Å². The number of hydrogen-bond acceptors (Lipinski definition) is 1. The molecule has 1 nitrogen and oxygen atoms in total. The first-order valence-electron chi connectivity index (χ1n) is 6.49. The molecule has 0 saturated heterocycles. The van der Waals surface area contributed by atoms with Crippen molar-refractivity contribution < 1.29 is 4.21 Å². The van der Waals surface area contributed by atoms with Gasteiger partial charge in [-0.2, -0.15) is 0 Å². The van der Waals surface area contributed by atoms with Crippen molar-refractivity contribution in [1.29, 1.82) is 0 Å². The summed E-state index contributed by atoms with van der Waals surface area (Å²) in [6.07, 6.45) is 2.11. The molecule has 0 aliphatic carbocycles. The van der Waals surface area contributed by atoms with Crippen LogP contribution in [0.5, 0.6) is 0 Å². The van der Waals surface area contributed by atoms with Gasteiger partial charge in [-0.3, -0.25) is 4.21 Å². The summed E-state index contributed by atoms with van der Waals surface area (Å²) in [6, 6.07) is 7.92. The van der Waals surface area contributed by atoms with Crippen LogP contribution >= 0.6 is 11.6 Å². The van der Waals surface area contributed by atoms with Crippen LogP contribution < -0.4 is 0 Å². The zero-order valence-corrected chi connectivity index (χ0v) is 13.3. The summed E-state index contributed by atoms with van der Waals surface area (Å²) in [5.74, 6) is 0.991. The standard InChI is InChI=1S/C15H23ClOS/c1-5-8-12(11-18(17)15(2,3)4)13-9-6-7-10-14(13)16/h6-7,9-10,12H,5,8,11H2,1-4H3/t12?,18-/m1/s1. The Hall–Kier alpha value is -0.340. The minimum Gasteiger partial charge on any atom is -0.259 e. The Morgan fingerprint density at radius 3 is 2.39 bits per heavy atom. The van der Waals surface area contributed by atoms with Gasteiger partial charge < -0.3 is 0 Å². The van der Waals surface area contributed by atoms with Gasteiger partial charge in [0.05, 0.1) is 0 Å². The van der Waals surface area contributed by atoms with Gasteiger partial charge in [0.15, 0.2) is 0 Å². The highest BCUT2D eigenvalue weighted by Crippen LogP contribution is 2.30. The minimum absolute atomic E-state index is 0.159. The largest absolute Gasteiger partial charge is 0.259 e. The van der Waals surface area contributed by atoms with Crippen LogP contribution in [0.25, 0.3) is 0 Å². The Bertz CT molecular complexity index is 409. The summed E-state index contributed by atoms with van der Waals surface area (Å²) in [7, 11) is -0.836. The fourth-order valence-corrected chi connectivity index (χ4v) is 3.42. The highest BCUT2D eigenvalue weighted by molar-refractivity contribution is 7.86. The molecule has 1 aromatic rings. The normalized spacial score (nSPS) is 15.4. The average molecular weight is 287 g/mol. The smallest absolute Gasteiger partial charge is 0.0441 e. The molecule has 3 heteroatoms. The van der Waals surface area contributed by atoms with Crippen molar-refractivity contribution in [2.75, 3.05) is 5.75 Å². The molecule has 0 aliphatic rings. The third-order valence-corrected chi connectivity index (χ3v) is 5.43. The van der Waals surface area contributed by atoms with Crippen molar-refractivity contribution in [2.45, 2.75) is 51.2 Å². The molecule has 1 rings (SSSR count). The maximum Gasteiger partial charge on any atom is 0.0441 e. The van der Waals surface area contributed by atoms with E-state index < -0.39 is 10.8 Å². The van der Waals surface area contributed by atoms with Gasteiger partial charge in [0, 0.05) is 26.3 Å². The minimum atomic E-state index is -0.836. The van der Waals surface area contributed by atoms with Crippen molar-refractivity contribution in [3.05, 3.63) is 34.9 Å². The van der Waals surface area contributed by atoms with E-state index in [4.69, 9.17) is 11.6 Å². The third-order valence-electron chi connectivity index (χ3n) is 3.02. The molecule has 1 unspecified atom stereocenters. The summed E-state index contributed by atoms with van der Waals surface area (Å²) in [6.45, 7) is 8.24. The molecule has 0 radical (unpaired) electrons. The third kappa shape index (κ3) is 4.40. The number of hydrogen-bond donors (Lipinski definition) is 0. The van der Waals surface area contributed by atoms with Gasteiger partial charge in [-0.05, 0) is 44.7 Å². The Morgan fingerprint density at radius 2 is 1.89 bits per heavy atom. The van der Waals surface area contributed by atoms with E-state index in [1.165, 1.54) is 0 Å². The molecular weight excluding hydrogens is 264 g/mol. The molecule has 0 saturated carbocycles. The Morgan fingerprint density at radius 1 is 1.28 bits per heavy atom. The molecular formula is C15H23ClOS.